The van der Waals surface area contributed by atoms with Gasteiger partial charge in [-0.15, -0.1) is 11.3 Å². The van der Waals surface area contributed by atoms with Gasteiger partial charge in [0.25, 0.3) is 5.56 Å². The maximum absolute atomic E-state index is 13.5. The molecule has 6 nitrogen and oxygen atoms in total. The molecule has 1 aliphatic rings. The molecule has 0 aromatic carbocycles. The molecule has 0 spiro atoms. The first-order valence-electron chi connectivity index (χ1n) is 10.3. The topological polar surface area (TPSA) is 65.3 Å². The number of imidazole rings is 1. The molecule has 0 bridgehead atoms. The summed E-state index contributed by atoms with van der Waals surface area (Å²) in [4.78, 5) is 25.4. The van der Waals surface area contributed by atoms with Gasteiger partial charge in [0.15, 0.2) is 5.16 Å². The highest BCUT2D eigenvalue weighted by atomic mass is 32.2. The molecule has 0 amide bonds. The molecular formula is C23H20N4O2S2. The molecule has 156 valence electrons. The van der Waals surface area contributed by atoms with Crippen LogP contribution in [0.1, 0.15) is 33.9 Å². The fraction of sp³-hybridized carbons (Fsp3) is 0.261. The van der Waals surface area contributed by atoms with E-state index in [1.54, 1.807) is 33.9 Å². The Balaban J connectivity index is 1.41. The van der Waals surface area contributed by atoms with E-state index in [2.05, 4.69) is 13.0 Å². The van der Waals surface area contributed by atoms with E-state index in [9.17, 15) is 4.79 Å². The van der Waals surface area contributed by atoms with Crippen molar-refractivity contribution in [3.8, 4) is 0 Å². The SMILES string of the molecule is Cc1cccn2cc(CSc3nc4sc5c(c4c(=O)n3Cc3ccco3)CCC5)nc12. The minimum Gasteiger partial charge on any atom is -0.467 e. The number of fused-ring (bicyclic) bond motifs is 4. The maximum Gasteiger partial charge on any atom is 0.263 e. The molecule has 8 heteroatoms. The van der Waals surface area contributed by atoms with Crippen LogP contribution in [-0.4, -0.2) is 18.9 Å². The Labute approximate surface area is 186 Å². The zero-order valence-corrected chi connectivity index (χ0v) is 18.6. The molecule has 0 atom stereocenters. The average Bonchev–Trinajstić information content (AvgIpc) is 3.53. The summed E-state index contributed by atoms with van der Waals surface area (Å²) in [6.07, 6.45) is 8.84. The first-order chi connectivity index (χ1) is 15.2. The van der Waals surface area contributed by atoms with Crippen LogP contribution in [0, 0.1) is 6.92 Å². The second-order valence-corrected chi connectivity index (χ2v) is 9.87. The summed E-state index contributed by atoms with van der Waals surface area (Å²) in [6.45, 7) is 2.44. The number of nitrogens with zero attached hydrogens (tertiary/aromatic N) is 4. The van der Waals surface area contributed by atoms with Gasteiger partial charge in [-0.25, -0.2) is 9.97 Å². The number of thiophene rings is 1. The number of aromatic nitrogens is 4. The van der Waals surface area contributed by atoms with Gasteiger partial charge in [0.2, 0.25) is 0 Å². The second-order valence-electron chi connectivity index (χ2n) is 7.85. The Morgan fingerprint density at radius 3 is 3.00 bits per heavy atom. The lowest BCUT2D eigenvalue weighted by Crippen LogP contribution is -2.24. The molecule has 0 saturated carbocycles. The molecule has 0 saturated heterocycles. The number of hydrogen-bond donors (Lipinski definition) is 0. The highest BCUT2D eigenvalue weighted by molar-refractivity contribution is 7.98. The zero-order chi connectivity index (χ0) is 20.9. The quantitative estimate of drug-likeness (QED) is 0.284. The molecule has 5 heterocycles. The number of pyridine rings is 1. The molecule has 5 aromatic heterocycles. The van der Waals surface area contributed by atoms with E-state index in [-0.39, 0.29) is 5.56 Å². The smallest absolute Gasteiger partial charge is 0.263 e. The fourth-order valence-corrected chi connectivity index (χ4v) is 6.46. The largest absolute Gasteiger partial charge is 0.467 e. The lowest BCUT2D eigenvalue weighted by atomic mass is 10.2. The third kappa shape index (κ3) is 3.21. The van der Waals surface area contributed by atoms with Crippen molar-refractivity contribution >= 4 is 39.0 Å². The van der Waals surface area contributed by atoms with Crippen molar-refractivity contribution in [3.05, 3.63) is 80.7 Å². The first-order valence-corrected chi connectivity index (χ1v) is 12.1. The van der Waals surface area contributed by atoms with Crippen LogP contribution < -0.4 is 5.56 Å². The van der Waals surface area contributed by atoms with Crippen LogP contribution in [-0.2, 0) is 25.1 Å². The van der Waals surface area contributed by atoms with E-state index >= 15 is 0 Å². The lowest BCUT2D eigenvalue weighted by molar-refractivity contribution is 0.476. The van der Waals surface area contributed by atoms with E-state index in [1.165, 1.54) is 10.4 Å². The summed E-state index contributed by atoms with van der Waals surface area (Å²) < 4.78 is 9.34. The number of rotatable bonds is 5. The van der Waals surface area contributed by atoms with Gasteiger partial charge in [0, 0.05) is 23.0 Å². The van der Waals surface area contributed by atoms with Gasteiger partial charge in [0.05, 0.1) is 23.9 Å². The Kier molecular flexibility index (Phi) is 4.50. The highest BCUT2D eigenvalue weighted by Gasteiger charge is 2.24. The Hall–Kier alpha value is -2.84. The van der Waals surface area contributed by atoms with Crippen LogP contribution in [0.4, 0.5) is 0 Å². The van der Waals surface area contributed by atoms with Gasteiger partial charge in [-0.2, -0.15) is 0 Å². The van der Waals surface area contributed by atoms with Gasteiger partial charge in [-0.3, -0.25) is 9.36 Å². The minimum absolute atomic E-state index is 0.0362. The Morgan fingerprint density at radius 2 is 2.16 bits per heavy atom. The van der Waals surface area contributed by atoms with Crippen LogP contribution in [0.15, 0.2) is 57.3 Å². The first kappa shape index (κ1) is 18.9. The predicted octanol–water partition coefficient (Wildman–Crippen LogP) is 4.84. The predicted molar refractivity (Wildman–Crippen MR) is 123 cm³/mol. The summed E-state index contributed by atoms with van der Waals surface area (Å²) in [6, 6.07) is 7.83. The number of aryl methyl sites for hydroxylation is 3. The van der Waals surface area contributed by atoms with Crippen LogP contribution in [0.5, 0.6) is 0 Å². The standard InChI is InChI=1S/C23H20N4O2S2/c1-14-5-3-9-26-11-15(24-20(14)26)13-30-23-25-21-19(17-7-2-8-18(17)31-21)22(28)27(23)12-16-6-4-10-29-16/h3-6,9-11H,2,7-8,12-13H2,1H3. The third-order valence-electron chi connectivity index (χ3n) is 5.76. The molecule has 0 N–H and O–H groups in total. The molecule has 1 aliphatic carbocycles. The van der Waals surface area contributed by atoms with E-state index in [4.69, 9.17) is 14.4 Å². The summed E-state index contributed by atoms with van der Waals surface area (Å²) in [5.41, 5.74) is 4.31. The van der Waals surface area contributed by atoms with Crippen LogP contribution in [0.3, 0.4) is 0 Å². The van der Waals surface area contributed by atoms with E-state index in [1.807, 2.05) is 35.0 Å². The zero-order valence-electron chi connectivity index (χ0n) is 17.0. The van der Waals surface area contributed by atoms with E-state index < -0.39 is 0 Å². The van der Waals surface area contributed by atoms with Crippen molar-refractivity contribution in [3.63, 3.8) is 0 Å². The second kappa shape index (κ2) is 7.39. The van der Waals surface area contributed by atoms with Gasteiger partial charge in [-0.1, -0.05) is 17.8 Å². The van der Waals surface area contributed by atoms with Crippen LogP contribution >= 0.6 is 23.1 Å². The van der Waals surface area contributed by atoms with Gasteiger partial charge >= 0.3 is 0 Å². The maximum atomic E-state index is 13.5. The number of furan rings is 1. The third-order valence-corrected chi connectivity index (χ3v) is 7.96. The average molecular weight is 449 g/mol. The van der Waals surface area contributed by atoms with E-state index in [0.717, 1.165) is 52.1 Å². The fourth-order valence-electron chi connectivity index (χ4n) is 4.28. The van der Waals surface area contributed by atoms with Crippen LogP contribution in [0.25, 0.3) is 15.9 Å². The van der Waals surface area contributed by atoms with Crippen LogP contribution in [0.2, 0.25) is 0 Å². The van der Waals surface area contributed by atoms with Crippen molar-refractivity contribution < 1.29 is 4.42 Å². The van der Waals surface area contributed by atoms with Gasteiger partial charge < -0.3 is 8.82 Å². The van der Waals surface area contributed by atoms with Crippen molar-refractivity contribution in [2.24, 2.45) is 0 Å². The molecular weight excluding hydrogens is 428 g/mol. The molecule has 0 unspecified atom stereocenters. The molecule has 6 rings (SSSR count). The minimum atomic E-state index is 0.0362. The van der Waals surface area contributed by atoms with Crippen molar-refractivity contribution in [1.82, 2.24) is 18.9 Å². The number of thioether (sulfide) groups is 1. The van der Waals surface area contributed by atoms with Gasteiger partial charge in [0.1, 0.15) is 16.2 Å². The molecule has 31 heavy (non-hydrogen) atoms. The Morgan fingerprint density at radius 1 is 1.23 bits per heavy atom. The highest BCUT2D eigenvalue weighted by Crippen LogP contribution is 2.36. The summed E-state index contributed by atoms with van der Waals surface area (Å²) in [5.74, 6) is 1.39. The molecule has 0 aliphatic heterocycles. The molecule has 0 fully saturated rings. The summed E-state index contributed by atoms with van der Waals surface area (Å²) >= 11 is 3.23. The Bertz CT molecular complexity index is 1480. The monoisotopic (exact) mass is 448 g/mol. The van der Waals surface area contributed by atoms with E-state index in [0.29, 0.717) is 17.5 Å². The molecule has 0 radical (unpaired) electrons. The number of hydrogen-bond acceptors (Lipinski definition) is 6. The summed E-state index contributed by atoms with van der Waals surface area (Å²) in [5, 5.41) is 1.51. The van der Waals surface area contributed by atoms with Crippen molar-refractivity contribution in [1.29, 1.82) is 0 Å². The van der Waals surface area contributed by atoms with Gasteiger partial charge in [-0.05, 0) is 55.5 Å². The normalized spacial score (nSPS) is 13.5. The van der Waals surface area contributed by atoms with Crippen molar-refractivity contribution in [2.45, 2.75) is 43.6 Å². The molecule has 5 aromatic rings. The summed E-state index contributed by atoms with van der Waals surface area (Å²) in [7, 11) is 0. The van der Waals surface area contributed by atoms with Crippen molar-refractivity contribution in [2.75, 3.05) is 0 Å². The lowest BCUT2D eigenvalue weighted by Gasteiger charge is -2.11.